The number of amides is 1. The Labute approximate surface area is 167 Å². The summed E-state index contributed by atoms with van der Waals surface area (Å²) < 4.78 is 2.20. The Kier molecular flexibility index (Phi) is 5.63. The third kappa shape index (κ3) is 3.96. The number of Topliss-reactive ketones (excluding diaryl/α,β-unsaturated/α-hetero) is 1. The van der Waals surface area contributed by atoms with Crippen molar-refractivity contribution >= 4 is 39.8 Å². The van der Waals surface area contributed by atoms with Crippen molar-refractivity contribution in [1.82, 2.24) is 10.2 Å². The highest BCUT2D eigenvalue weighted by molar-refractivity contribution is 7.99. The molecule has 1 aliphatic heterocycles. The van der Waals surface area contributed by atoms with E-state index in [1.807, 2.05) is 0 Å². The van der Waals surface area contributed by atoms with Gasteiger partial charge in [0, 0.05) is 11.3 Å². The van der Waals surface area contributed by atoms with E-state index in [0.717, 1.165) is 72.2 Å². The Balaban J connectivity index is 1.44. The average molecular weight is 406 g/mol. The van der Waals surface area contributed by atoms with Crippen LogP contribution >= 0.6 is 23.1 Å². The SMILES string of the molecule is CC(=O)c1c(NC(=O)CSc2n[nH]c3[n+]2CCCCC3)sc2c1CCCC2. The second-order valence-electron chi connectivity index (χ2n) is 7.22. The number of thioether (sulfide) groups is 1. The van der Waals surface area contributed by atoms with Crippen molar-refractivity contribution in [3.63, 3.8) is 0 Å². The number of thiophene rings is 1. The summed E-state index contributed by atoms with van der Waals surface area (Å²) in [7, 11) is 0. The molecule has 1 aliphatic carbocycles. The molecule has 0 aromatic carbocycles. The number of aromatic nitrogens is 3. The molecule has 4 rings (SSSR count). The number of ketones is 1. The Morgan fingerprint density at radius 2 is 2.00 bits per heavy atom. The predicted octanol–water partition coefficient (Wildman–Crippen LogP) is 3.30. The number of carbonyl (C=O) groups is 2. The van der Waals surface area contributed by atoms with Crippen molar-refractivity contribution < 1.29 is 14.2 Å². The van der Waals surface area contributed by atoms with E-state index in [1.165, 1.54) is 29.5 Å². The lowest BCUT2D eigenvalue weighted by Crippen LogP contribution is -2.38. The maximum atomic E-state index is 12.5. The van der Waals surface area contributed by atoms with Gasteiger partial charge in [-0.05, 0) is 69.2 Å². The fraction of sp³-hybridized carbons (Fsp3) is 0.579. The molecule has 8 heteroatoms. The molecule has 2 aliphatic rings. The zero-order valence-corrected chi connectivity index (χ0v) is 17.2. The van der Waals surface area contributed by atoms with Crippen LogP contribution in [0.1, 0.15) is 65.7 Å². The van der Waals surface area contributed by atoms with Crippen LogP contribution in [0.15, 0.2) is 5.16 Å². The molecule has 0 unspecified atom stereocenters. The first-order valence-corrected chi connectivity index (χ1v) is 11.5. The van der Waals surface area contributed by atoms with Gasteiger partial charge in [-0.15, -0.1) is 16.4 Å². The average Bonchev–Trinajstić information content (AvgIpc) is 3.12. The second-order valence-corrected chi connectivity index (χ2v) is 9.27. The van der Waals surface area contributed by atoms with Crippen LogP contribution in [0.3, 0.4) is 0 Å². The lowest BCUT2D eigenvalue weighted by atomic mass is 9.94. The first-order valence-electron chi connectivity index (χ1n) is 9.68. The molecule has 0 saturated carbocycles. The van der Waals surface area contributed by atoms with Crippen LogP contribution in [-0.2, 0) is 30.6 Å². The summed E-state index contributed by atoms with van der Waals surface area (Å²) >= 11 is 3.03. The first kappa shape index (κ1) is 18.7. The molecule has 2 aromatic rings. The molecule has 2 N–H and O–H groups in total. The molecule has 0 spiro atoms. The van der Waals surface area contributed by atoms with Crippen LogP contribution in [0, 0.1) is 0 Å². The first-order chi connectivity index (χ1) is 13.1. The monoisotopic (exact) mass is 405 g/mol. The van der Waals surface area contributed by atoms with Crippen LogP contribution in [0.25, 0.3) is 0 Å². The van der Waals surface area contributed by atoms with E-state index in [-0.39, 0.29) is 11.7 Å². The molecular formula is C19H25N4O2S2+. The minimum Gasteiger partial charge on any atom is -0.316 e. The minimum absolute atomic E-state index is 0.0468. The third-order valence-electron chi connectivity index (χ3n) is 5.24. The second kappa shape index (κ2) is 8.14. The number of rotatable bonds is 5. The summed E-state index contributed by atoms with van der Waals surface area (Å²) in [5.74, 6) is 1.42. The van der Waals surface area contributed by atoms with E-state index >= 15 is 0 Å². The van der Waals surface area contributed by atoms with Crippen LogP contribution in [0.5, 0.6) is 0 Å². The van der Waals surface area contributed by atoms with Gasteiger partial charge in [-0.25, -0.2) is 4.57 Å². The topological polar surface area (TPSA) is 78.7 Å². The number of aryl methyl sites for hydroxylation is 2. The largest absolute Gasteiger partial charge is 0.337 e. The normalized spacial score (nSPS) is 16.3. The summed E-state index contributed by atoms with van der Waals surface area (Å²) in [5, 5.41) is 12.1. The van der Waals surface area contributed by atoms with Crippen LogP contribution < -0.4 is 9.88 Å². The number of fused-ring (bicyclic) bond motifs is 2. The highest BCUT2D eigenvalue weighted by atomic mass is 32.2. The number of carbonyl (C=O) groups excluding carboxylic acids is 2. The molecule has 0 saturated heterocycles. The zero-order valence-electron chi connectivity index (χ0n) is 15.6. The zero-order chi connectivity index (χ0) is 18.8. The molecule has 1 amide bonds. The van der Waals surface area contributed by atoms with Crippen molar-refractivity contribution in [3.8, 4) is 0 Å². The van der Waals surface area contributed by atoms with Gasteiger partial charge in [0.15, 0.2) is 5.78 Å². The summed E-state index contributed by atoms with van der Waals surface area (Å²) in [6, 6.07) is 0. The van der Waals surface area contributed by atoms with Gasteiger partial charge in [-0.2, -0.15) is 0 Å². The van der Waals surface area contributed by atoms with Crippen LogP contribution in [-0.4, -0.2) is 27.6 Å². The summed E-state index contributed by atoms with van der Waals surface area (Å²) in [6.45, 7) is 2.55. The van der Waals surface area contributed by atoms with Gasteiger partial charge in [-0.1, -0.05) is 0 Å². The van der Waals surface area contributed by atoms with E-state index < -0.39 is 0 Å². The number of hydrogen-bond acceptors (Lipinski definition) is 5. The maximum absolute atomic E-state index is 12.5. The van der Waals surface area contributed by atoms with Gasteiger partial charge >= 0.3 is 5.16 Å². The number of hydrogen-bond donors (Lipinski definition) is 2. The van der Waals surface area contributed by atoms with Crippen molar-refractivity contribution in [1.29, 1.82) is 0 Å². The summed E-state index contributed by atoms with van der Waals surface area (Å²) in [4.78, 5) is 26.0. The molecule has 6 nitrogen and oxygen atoms in total. The van der Waals surface area contributed by atoms with Crippen molar-refractivity contribution in [3.05, 3.63) is 21.8 Å². The van der Waals surface area contributed by atoms with E-state index in [4.69, 9.17) is 0 Å². The summed E-state index contributed by atoms with van der Waals surface area (Å²) in [6.07, 6.45) is 8.83. The molecule has 27 heavy (non-hydrogen) atoms. The fourth-order valence-electron chi connectivity index (χ4n) is 3.94. The van der Waals surface area contributed by atoms with Gasteiger partial charge in [0.2, 0.25) is 11.7 Å². The molecule has 3 heterocycles. The van der Waals surface area contributed by atoms with E-state index in [0.29, 0.717) is 5.75 Å². The molecular weight excluding hydrogens is 380 g/mol. The van der Waals surface area contributed by atoms with Gasteiger partial charge in [0.25, 0.3) is 0 Å². The van der Waals surface area contributed by atoms with Crippen LogP contribution in [0.4, 0.5) is 5.00 Å². The number of nitrogens with one attached hydrogen (secondary N) is 2. The molecule has 144 valence electrons. The van der Waals surface area contributed by atoms with Gasteiger partial charge < -0.3 is 5.32 Å². The molecule has 0 bridgehead atoms. The fourth-order valence-corrected chi connectivity index (χ4v) is 6.09. The minimum atomic E-state index is -0.0768. The Bertz CT molecular complexity index is 871. The van der Waals surface area contributed by atoms with Gasteiger partial charge in [0.05, 0.1) is 23.0 Å². The molecule has 2 aromatic heterocycles. The number of nitrogens with zero attached hydrogens (tertiary/aromatic N) is 2. The smallest absolute Gasteiger partial charge is 0.316 e. The van der Waals surface area contributed by atoms with E-state index in [1.54, 1.807) is 18.3 Å². The highest BCUT2D eigenvalue weighted by Gasteiger charge is 2.26. The molecule has 0 radical (unpaired) electrons. The lowest BCUT2D eigenvalue weighted by molar-refractivity contribution is -0.738. The Hall–Kier alpha value is -1.67. The third-order valence-corrected chi connectivity index (χ3v) is 7.42. The molecule has 0 fully saturated rings. The van der Waals surface area contributed by atoms with Gasteiger partial charge in [0.1, 0.15) is 5.00 Å². The quantitative estimate of drug-likeness (QED) is 0.454. The Morgan fingerprint density at radius 3 is 2.85 bits per heavy atom. The predicted molar refractivity (Wildman–Crippen MR) is 107 cm³/mol. The van der Waals surface area contributed by atoms with E-state index in [9.17, 15) is 9.59 Å². The van der Waals surface area contributed by atoms with Crippen molar-refractivity contribution in [2.45, 2.75) is 70.0 Å². The van der Waals surface area contributed by atoms with Gasteiger partial charge in [-0.3, -0.25) is 9.59 Å². The van der Waals surface area contributed by atoms with Crippen molar-refractivity contribution in [2.75, 3.05) is 11.1 Å². The van der Waals surface area contributed by atoms with Crippen LogP contribution in [0.2, 0.25) is 0 Å². The maximum Gasteiger partial charge on any atom is 0.337 e. The number of anilines is 1. The standard InChI is InChI=1S/C19H24N4O2S2/c1-12(24)17-13-7-4-5-8-14(13)27-18(17)20-16(25)11-26-19-22-21-15-9-3-2-6-10-23(15)19/h2-11H2,1H3,(H,20,24,25)/p+1. The van der Waals surface area contributed by atoms with Crippen molar-refractivity contribution in [2.24, 2.45) is 0 Å². The lowest BCUT2D eigenvalue weighted by Gasteiger charge is -2.11. The number of H-pyrrole nitrogens is 1. The molecule has 0 atom stereocenters. The Morgan fingerprint density at radius 1 is 1.19 bits per heavy atom. The number of aromatic amines is 1. The highest BCUT2D eigenvalue weighted by Crippen LogP contribution is 2.38. The van der Waals surface area contributed by atoms with E-state index in [2.05, 4.69) is 20.1 Å². The summed E-state index contributed by atoms with van der Waals surface area (Å²) in [5.41, 5.74) is 1.89.